The maximum atomic E-state index is 12.5. The van der Waals surface area contributed by atoms with E-state index >= 15 is 0 Å². The van der Waals surface area contributed by atoms with Crippen LogP contribution < -0.4 is 0 Å². The van der Waals surface area contributed by atoms with Crippen LogP contribution >= 0.6 is 0 Å². The summed E-state index contributed by atoms with van der Waals surface area (Å²) in [6, 6.07) is 7.48. The maximum absolute atomic E-state index is 12.5. The molecule has 0 saturated heterocycles. The van der Waals surface area contributed by atoms with Crippen LogP contribution in [0.5, 0.6) is 0 Å². The van der Waals surface area contributed by atoms with E-state index < -0.39 is 0 Å². The third kappa shape index (κ3) is 1.56. The van der Waals surface area contributed by atoms with Crippen molar-refractivity contribution in [3.05, 3.63) is 35.6 Å². The van der Waals surface area contributed by atoms with E-state index in [2.05, 4.69) is 6.07 Å². The van der Waals surface area contributed by atoms with Gasteiger partial charge in [0.1, 0.15) is 5.82 Å². The van der Waals surface area contributed by atoms with Gasteiger partial charge in [-0.1, -0.05) is 26.0 Å². The summed E-state index contributed by atoms with van der Waals surface area (Å²) in [5.41, 5.74) is 1.02. The molecule has 0 fully saturated rings. The summed E-state index contributed by atoms with van der Waals surface area (Å²) in [5, 5.41) is 0. The third-order valence-corrected chi connectivity index (χ3v) is 1.46. The molecule has 10 heavy (non-hydrogen) atoms. The summed E-state index contributed by atoms with van der Waals surface area (Å²) >= 11 is 0. The Morgan fingerprint density at radius 1 is 1.50 bits per heavy atom. The smallest absolute Gasteiger partial charge is 0.131 e. The molecule has 0 atom stereocenters. The minimum Gasteiger partial charge on any atom is -0.206 e. The second-order valence-electron chi connectivity index (χ2n) is 2.62. The Balaban J connectivity index is 2.96. The summed E-state index contributed by atoms with van der Waals surface area (Å²) in [4.78, 5) is 0. The first-order valence-corrected chi connectivity index (χ1v) is 3.37. The molecule has 1 rings (SSSR count). The molecule has 1 radical (unpaired) electrons. The molecule has 0 aromatic heterocycles. The van der Waals surface area contributed by atoms with Gasteiger partial charge in [0, 0.05) is 6.07 Å². The molecule has 0 amide bonds. The van der Waals surface area contributed by atoms with Crippen LogP contribution in [0, 0.1) is 11.9 Å². The molecule has 0 aliphatic rings. The van der Waals surface area contributed by atoms with Gasteiger partial charge in [0.15, 0.2) is 0 Å². The van der Waals surface area contributed by atoms with Crippen molar-refractivity contribution >= 4 is 0 Å². The highest BCUT2D eigenvalue weighted by Gasteiger charge is 1.98. The molecular formula is C9H10F. The minimum atomic E-state index is -0.272. The quantitative estimate of drug-likeness (QED) is 0.558. The lowest BCUT2D eigenvalue weighted by molar-refractivity contribution is 0.621. The fourth-order valence-corrected chi connectivity index (χ4v) is 0.813. The average molecular weight is 137 g/mol. The molecule has 0 saturated carbocycles. The molecule has 0 bridgehead atoms. The highest BCUT2D eigenvalue weighted by Crippen LogP contribution is 2.13. The van der Waals surface area contributed by atoms with Gasteiger partial charge in [0.2, 0.25) is 0 Å². The van der Waals surface area contributed by atoms with Gasteiger partial charge in [-0.05, 0) is 17.5 Å². The third-order valence-electron chi connectivity index (χ3n) is 1.46. The van der Waals surface area contributed by atoms with Gasteiger partial charge in [-0.3, -0.25) is 0 Å². The molecule has 0 aliphatic heterocycles. The number of hydrogen-bond donors (Lipinski definition) is 0. The highest BCUT2D eigenvalue weighted by molar-refractivity contribution is 5.18. The van der Waals surface area contributed by atoms with Crippen LogP contribution in [0.1, 0.15) is 25.3 Å². The summed E-state index contributed by atoms with van der Waals surface area (Å²) in [7, 11) is 0. The first-order valence-electron chi connectivity index (χ1n) is 3.37. The Morgan fingerprint density at radius 2 is 2.20 bits per heavy atom. The van der Waals surface area contributed by atoms with Crippen molar-refractivity contribution in [3.63, 3.8) is 0 Å². The number of hydrogen-bond acceptors (Lipinski definition) is 0. The van der Waals surface area contributed by atoms with Crippen molar-refractivity contribution in [3.8, 4) is 0 Å². The van der Waals surface area contributed by atoms with Gasteiger partial charge in [-0.15, -0.1) is 0 Å². The number of rotatable bonds is 1. The molecule has 0 N–H and O–H groups in total. The van der Waals surface area contributed by atoms with E-state index in [4.69, 9.17) is 0 Å². The Labute approximate surface area is 60.7 Å². The first kappa shape index (κ1) is 7.26. The summed E-state index contributed by atoms with van der Waals surface area (Å²) in [6.45, 7) is 4.07. The van der Waals surface area contributed by atoms with Crippen molar-refractivity contribution in [1.82, 2.24) is 0 Å². The van der Waals surface area contributed by atoms with Crippen LogP contribution in [-0.2, 0) is 0 Å². The van der Waals surface area contributed by atoms with Crippen molar-refractivity contribution < 1.29 is 4.39 Å². The predicted molar refractivity (Wildman–Crippen MR) is 39.3 cm³/mol. The lowest BCUT2D eigenvalue weighted by Gasteiger charge is -2.02. The Morgan fingerprint density at radius 3 is 2.60 bits per heavy atom. The van der Waals surface area contributed by atoms with E-state index in [1.807, 2.05) is 19.9 Å². The Kier molecular flexibility index (Phi) is 2.05. The number of halogens is 1. The van der Waals surface area contributed by atoms with E-state index in [1.54, 1.807) is 6.07 Å². The van der Waals surface area contributed by atoms with Crippen LogP contribution in [0.3, 0.4) is 0 Å². The molecule has 0 aliphatic carbocycles. The fourth-order valence-electron chi connectivity index (χ4n) is 0.813. The van der Waals surface area contributed by atoms with Gasteiger partial charge in [-0.25, -0.2) is 4.39 Å². The first-order chi connectivity index (χ1) is 4.70. The van der Waals surface area contributed by atoms with Gasteiger partial charge < -0.3 is 0 Å². The zero-order valence-corrected chi connectivity index (χ0v) is 6.19. The largest absolute Gasteiger partial charge is 0.206 e. The fraction of sp³-hybridized carbons (Fsp3) is 0.333. The molecule has 53 valence electrons. The van der Waals surface area contributed by atoms with Crippen molar-refractivity contribution in [2.24, 2.45) is 0 Å². The van der Waals surface area contributed by atoms with Crippen molar-refractivity contribution in [1.29, 1.82) is 0 Å². The molecule has 1 aromatic carbocycles. The Bertz CT molecular complexity index is 216. The lowest BCUT2D eigenvalue weighted by Crippen LogP contribution is -1.87. The lowest BCUT2D eigenvalue weighted by atomic mass is 10.0. The normalized spacial score (nSPS) is 10.4. The van der Waals surface area contributed by atoms with E-state index in [1.165, 1.54) is 6.07 Å². The van der Waals surface area contributed by atoms with Crippen LogP contribution in [0.25, 0.3) is 0 Å². The summed E-state index contributed by atoms with van der Waals surface area (Å²) in [6.07, 6.45) is 0. The average Bonchev–Trinajstić information content (AvgIpc) is 1.88. The van der Waals surface area contributed by atoms with Gasteiger partial charge in [-0.2, -0.15) is 0 Å². The molecule has 1 aromatic rings. The van der Waals surface area contributed by atoms with Crippen molar-refractivity contribution in [2.75, 3.05) is 0 Å². The maximum Gasteiger partial charge on any atom is 0.131 e. The molecular weight excluding hydrogens is 127 g/mol. The van der Waals surface area contributed by atoms with Crippen LogP contribution in [0.15, 0.2) is 18.2 Å². The monoisotopic (exact) mass is 137 g/mol. The van der Waals surface area contributed by atoms with Gasteiger partial charge >= 0.3 is 0 Å². The topological polar surface area (TPSA) is 0 Å². The van der Waals surface area contributed by atoms with Crippen LogP contribution in [0.4, 0.5) is 4.39 Å². The zero-order chi connectivity index (χ0) is 7.56. The standard InChI is InChI=1S/C9H10F/c1-7(2)8-4-3-5-9(10)6-8/h3-4,6-7H,1-2H3. The second-order valence-corrected chi connectivity index (χ2v) is 2.62. The summed E-state index contributed by atoms with van der Waals surface area (Å²) in [5.74, 6) is 0.121. The molecule has 1 heteroatoms. The van der Waals surface area contributed by atoms with E-state index in [0.29, 0.717) is 5.92 Å². The van der Waals surface area contributed by atoms with E-state index in [0.717, 1.165) is 5.56 Å². The van der Waals surface area contributed by atoms with Gasteiger partial charge in [0.25, 0.3) is 0 Å². The van der Waals surface area contributed by atoms with Crippen LogP contribution in [-0.4, -0.2) is 0 Å². The van der Waals surface area contributed by atoms with Crippen molar-refractivity contribution in [2.45, 2.75) is 19.8 Å². The van der Waals surface area contributed by atoms with Crippen LogP contribution in [0.2, 0.25) is 0 Å². The van der Waals surface area contributed by atoms with Gasteiger partial charge in [0.05, 0.1) is 0 Å². The Hall–Kier alpha value is -0.850. The number of benzene rings is 1. The summed E-state index contributed by atoms with van der Waals surface area (Å²) < 4.78 is 12.5. The molecule has 0 unspecified atom stereocenters. The predicted octanol–water partition coefficient (Wildman–Crippen LogP) is 2.75. The molecule has 0 spiro atoms. The molecule has 0 heterocycles. The molecule has 0 nitrogen and oxygen atoms in total. The SMILES string of the molecule is CC(C)c1cc[c]c(F)c1. The van der Waals surface area contributed by atoms with E-state index in [-0.39, 0.29) is 5.82 Å². The second kappa shape index (κ2) is 2.82. The highest BCUT2D eigenvalue weighted by atomic mass is 19.1. The zero-order valence-electron chi connectivity index (χ0n) is 6.19. The minimum absolute atomic E-state index is 0.272. The van der Waals surface area contributed by atoms with E-state index in [9.17, 15) is 4.39 Å².